The highest BCUT2D eigenvalue weighted by Gasteiger charge is 2.01. The quantitative estimate of drug-likeness (QED) is 0.652. The summed E-state index contributed by atoms with van der Waals surface area (Å²) in [6.07, 6.45) is 1.05. The summed E-state index contributed by atoms with van der Waals surface area (Å²) in [6.45, 7) is 10.7. The van der Waals surface area contributed by atoms with Gasteiger partial charge in [-0.2, -0.15) is 0 Å². The minimum atomic E-state index is 0.103. The molecule has 0 aliphatic rings. The first-order valence-corrected chi connectivity index (χ1v) is 5.49. The third-order valence-corrected chi connectivity index (χ3v) is 1.88. The van der Waals surface area contributed by atoms with Crippen LogP contribution in [0.1, 0.15) is 34.1 Å². The fourth-order valence-corrected chi connectivity index (χ4v) is 1.04. The smallest absolute Gasteiger partial charge is 0.233 e. The van der Waals surface area contributed by atoms with Crippen molar-refractivity contribution in [1.29, 1.82) is 0 Å². The molecule has 84 valence electrons. The van der Waals surface area contributed by atoms with Crippen LogP contribution in [0.25, 0.3) is 0 Å². The molecular formula is C11H24N2O. The van der Waals surface area contributed by atoms with Gasteiger partial charge in [0.15, 0.2) is 0 Å². The summed E-state index contributed by atoms with van der Waals surface area (Å²) >= 11 is 0. The SMILES string of the molecule is CC(C)CCNC(=O)CNCC(C)C. The van der Waals surface area contributed by atoms with Gasteiger partial charge in [0.05, 0.1) is 6.54 Å². The lowest BCUT2D eigenvalue weighted by Crippen LogP contribution is -2.36. The van der Waals surface area contributed by atoms with Gasteiger partial charge in [0.2, 0.25) is 5.91 Å². The summed E-state index contributed by atoms with van der Waals surface area (Å²) in [5, 5.41) is 6.00. The van der Waals surface area contributed by atoms with Crippen LogP contribution < -0.4 is 10.6 Å². The molecule has 3 nitrogen and oxygen atoms in total. The van der Waals surface area contributed by atoms with Gasteiger partial charge in [0.25, 0.3) is 0 Å². The molecule has 0 atom stereocenters. The fourth-order valence-electron chi connectivity index (χ4n) is 1.04. The maximum atomic E-state index is 11.2. The summed E-state index contributed by atoms with van der Waals surface area (Å²) in [6, 6.07) is 0. The van der Waals surface area contributed by atoms with E-state index < -0.39 is 0 Å². The molecule has 0 aliphatic heterocycles. The van der Waals surface area contributed by atoms with E-state index in [1.54, 1.807) is 0 Å². The van der Waals surface area contributed by atoms with Crippen molar-refractivity contribution in [3.05, 3.63) is 0 Å². The Balaban J connectivity index is 3.28. The van der Waals surface area contributed by atoms with Crippen LogP contribution in [0.15, 0.2) is 0 Å². The molecule has 0 heterocycles. The number of rotatable bonds is 7. The van der Waals surface area contributed by atoms with Crippen LogP contribution in [0.5, 0.6) is 0 Å². The molecule has 1 amide bonds. The first-order chi connectivity index (χ1) is 6.52. The second kappa shape index (κ2) is 7.80. The molecule has 0 aromatic carbocycles. The summed E-state index contributed by atoms with van der Waals surface area (Å²) in [5.74, 6) is 1.35. The van der Waals surface area contributed by atoms with Crippen LogP contribution in [0.2, 0.25) is 0 Å². The molecule has 2 N–H and O–H groups in total. The molecule has 0 saturated heterocycles. The van der Waals surface area contributed by atoms with Crippen molar-refractivity contribution in [2.75, 3.05) is 19.6 Å². The predicted octanol–water partition coefficient (Wildman–Crippen LogP) is 1.39. The van der Waals surface area contributed by atoms with Crippen molar-refractivity contribution < 1.29 is 4.79 Å². The van der Waals surface area contributed by atoms with Crippen molar-refractivity contribution in [1.82, 2.24) is 10.6 Å². The highest BCUT2D eigenvalue weighted by molar-refractivity contribution is 5.77. The highest BCUT2D eigenvalue weighted by atomic mass is 16.1. The van der Waals surface area contributed by atoms with Crippen LogP contribution in [-0.2, 0) is 4.79 Å². The van der Waals surface area contributed by atoms with Crippen molar-refractivity contribution in [3.8, 4) is 0 Å². The maximum absolute atomic E-state index is 11.2. The normalized spacial score (nSPS) is 11.0. The van der Waals surface area contributed by atoms with E-state index in [4.69, 9.17) is 0 Å². The second-order valence-corrected chi connectivity index (χ2v) is 4.56. The Bertz CT molecular complexity index is 139. The first kappa shape index (κ1) is 13.4. The van der Waals surface area contributed by atoms with Crippen molar-refractivity contribution in [2.45, 2.75) is 34.1 Å². The Morgan fingerprint density at radius 2 is 1.79 bits per heavy atom. The Labute approximate surface area is 87.6 Å². The van der Waals surface area contributed by atoms with Gasteiger partial charge in [-0.3, -0.25) is 4.79 Å². The number of nitrogens with one attached hydrogen (secondary N) is 2. The van der Waals surface area contributed by atoms with E-state index in [1.165, 1.54) is 0 Å². The minimum absolute atomic E-state index is 0.103. The standard InChI is InChI=1S/C11H24N2O/c1-9(2)5-6-13-11(14)8-12-7-10(3)4/h9-10,12H,5-8H2,1-4H3,(H,13,14). The van der Waals surface area contributed by atoms with Gasteiger partial charge in [-0.15, -0.1) is 0 Å². The molecule has 14 heavy (non-hydrogen) atoms. The molecular weight excluding hydrogens is 176 g/mol. The van der Waals surface area contributed by atoms with Gasteiger partial charge in [-0.25, -0.2) is 0 Å². The zero-order valence-corrected chi connectivity index (χ0v) is 9.89. The van der Waals surface area contributed by atoms with E-state index in [-0.39, 0.29) is 5.91 Å². The summed E-state index contributed by atoms with van der Waals surface area (Å²) in [4.78, 5) is 11.2. The molecule has 0 spiro atoms. The van der Waals surface area contributed by atoms with Gasteiger partial charge in [0, 0.05) is 6.54 Å². The lowest BCUT2D eigenvalue weighted by molar-refractivity contribution is -0.120. The van der Waals surface area contributed by atoms with Crippen LogP contribution in [0, 0.1) is 11.8 Å². The van der Waals surface area contributed by atoms with E-state index in [9.17, 15) is 4.79 Å². The van der Waals surface area contributed by atoms with Crippen LogP contribution in [0.3, 0.4) is 0 Å². The molecule has 3 heteroatoms. The van der Waals surface area contributed by atoms with Crippen molar-refractivity contribution in [2.24, 2.45) is 11.8 Å². The molecule has 0 aliphatic carbocycles. The number of hydrogen-bond acceptors (Lipinski definition) is 2. The Morgan fingerprint density at radius 3 is 2.29 bits per heavy atom. The van der Waals surface area contributed by atoms with E-state index in [1.807, 2.05) is 0 Å². The second-order valence-electron chi connectivity index (χ2n) is 4.56. The van der Waals surface area contributed by atoms with E-state index in [2.05, 4.69) is 38.3 Å². The minimum Gasteiger partial charge on any atom is -0.355 e. The zero-order chi connectivity index (χ0) is 11.0. The molecule has 0 bridgehead atoms. The number of carbonyl (C=O) groups is 1. The topological polar surface area (TPSA) is 41.1 Å². The van der Waals surface area contributed by atoms with Crippen LogP contribution >= 0.6 is 0 Å². The predicted molar refractivity (Wildman–Crippen MR) is 60.2 cm³/mol. The summed E-state index contributed by atoms with van der Waals surface area (Å²) < 4.78 is 0. The summed E-state index contributed by atoms with van der Waals surface area (Å²) in [7, 11) is 0. The Morgan fingerprint density at radius 1 is 1.14 bits per heavy atom. The van der Waals surface area contributed by atoms with Crippen molar-refractivity contribution >= 4 is 5.91 Å². The Kier molecular flexibility index (Phi) is 7.48. The fraction of sp³-hybridized carbons (Fsp3) is 0.909. The average molecular weight is 200 g/mol. The van der Waals surface area contributed by atoms with Gasteiger partial charge in [0.1, 0.15) is 0 Å². The summed E-state index contributed by atoms with van der Waals surface area (Å²) in [5.41, 5.74) is 0. The van der Waals surface area contributed by atoms with Gasteiger partial charge >= 0.3 is 0 Å². The lowest BCUT2D eigenvalue weighted by Gasteiger charge is -2.09. The molecule has 0 saturated carbocycles. The van der Waals surface area contributed by atoms with Gasteiger partial charge in [-0.1, -0.05) is 27.7 Å². The monoisotopic (exact) mass is 200 g/mol. The Hall–Kier alpha value is -0.570. The van der Waals surface area contributed by atoms with E-state index in [0.717, 1.165) is 19.5 Å². The van der Waals surface area contributed by atoms with Gasteiger partial charge in [-0.05, 0) is 24.8 Å². The highest BCUT2D eigenvalue weighted by Crippen LogP contribution is 1.95. The van der Waals surface area contributed by atoms with Crippen LogP contribution in [0.4, 0.5) is 0 Å². The molecule has 0 aromatic rings. The molecule has 0 unspecified atom stereocenters. The molecule has 0 rings (SSSR count). The number of hydrogen-bond donors (Lipinski definition) is 2. The molecule has 0 radical (unpaired) electrons. The zero-order valence-electron chi connectivity index (χ0n) is 9.89. The van der Waals surface area contributed by atoms with E-state index >= 15 is 0 Å². The average Bonchev–Trinajstić information content (AvgIpc) is 2.02. The molecule has 0 fully saturated rings. The first-order valence-electron chi connectivity index (χ1n) is 5.49. The van der Waals surface area contributed by atoms with Crippen LogP contribution in [-0.4, -0.2) is 25.5 Å². The van der Waals surface area contributed by atoms with E-state index in [0.29, 0.717) is 18.4 Å². The van der Waals surface area contributed by atoms with Crippen molar-refractivity contribution in [3.63, 3.8) is 0 Å². The largest absolute Gasteiger partial charge is 0.355 e. The number of amides is 1. The third-order valence-electron chi connectivity index (χ3n) is 1.88. The molecule has 0 aromatic heterocycles. The third kappa shape index (κ3) is 9.52. The maximum Gasteiger partial charge on any atom is 0.233 e. The number of carbonyl (C=O) groups excluding carboxylic acids is 1. The van der Waals surface area contributed by atoms with Gasteiger partial charge < -0.3 is 10.6 Å². The lowest BCUT2D eigenvalue weighted by atomic mass is 10.1.